The van der Waals surface area contributed by atoms with Crippen molar-refractivity contribution in [1.82, 2.24) is 19.5 Å². The Kier molecular flexibility index (Phi) is 5.06. The van der Waals surface area contributed by atoms with Crippen molar-refractivity contribution in [2.75, 3.05) is 26.2 Å². The molecule has 146 valence electrons. The number of imidazole rings is 1. The minimum atomic E-state index is -0.0457. The number of nitrogens with zero attached hydrogens (tertiary/aromatic N) is 3. The van der Waals surface area contributed by atoms with Crippen molar-refractivity contribution in [1.29, 1.82) is 0 Å². The average molecular weight is 372 g/mol. The van der Waals surface area contributed by atoms with Crippen LogP contribution in [0.5, 0.6) is 0 Å². The van der Waals surface area contributed by atoms with Crippen molar-refractivity contribution in [3.8, 4) is 0 Å². The molecular weight excluding hydrogens is 344 g/mol. The Hall–Kier alpha value is -2.12. The SMILES string of the molecule is Cc1ccc2[nH]c(=O)n(CC3CCC(C(=O)N4CCN(O)CC4)CC3)c2c1. The zero-order valence-electron chi connectivity index (χ0n) is 15.9. The lowest BCUT2D eigenvalue weighted by Crippen LogP contribution is -2.49. The van der Waals surface area contributed by atoms with Gasteiger partial charge in [-0.05, 0) is 56.2 Å². The number of aryl methyl sites for hydroxylation is 1. The van der Waals surface area contributed by atoms with E-state index in [9.17, 15) is 14.8 Å². The van der Waals surface area contributed by atoms with Crippen LogP contribution in [0.15, 0.2) is 23.0 Å². The Morgan fingerprint density at radius 2 is 1.85 bits per heavy atom. The largest absolute Gasteiger partial charge is 0.340 e. The van der Waals surface area contributed by atoms with Crippen molar-refractivity contribution in [2.45, 2.75) is 39.2 Å². The summed E-state index contributed by atoms with van der Waals surface area (Å²) in [4.78, 5) is 29.9. The molecule has 0 atom stereocenters. The first-order chi connectivity index (χ1) is 13.0. The molecule has 2 heterocycles. The lowest BCUT2D eigenvalue weighted by molar-refractivity contribution is -0.150. The highest BCUT2D eigenvalue weighted by molar-refractivity contribution is 5.79. The minimum absolute atomic E-state index is 0.0457. The van der Waals surface area contributed by atoms with E-state index in [0.29, 0.717) is 38.6 Å². The third kappa shape index (κ3) is 3.80. The fraction of sp³-hybridized carbons (Fsp3) is 0.600. The zero-order chi connectivity index (χ0) is 19.0. The molecule has 2 aromatic rings. The predicted octanol–water partition coefficient (Wildman–Crippen LogP) is 1.98. The van der Waals surface area contributed by atoms with Gasteiger partial charge < -0.3 is 15.1 Å². The van der Waals surface area contributed by atoms with Crippen LogP contribution in [-0.2, 0) is 11.3 Å². The Morgan fingerprint density at radius 1 is 1.15 bits per heavy atom. The molecule has 4 rings (SSSR count). The summed E-state index contributed by atoms with van der Waals surface area (Å²) >= 11 is 0. The molecule has 2 aliphatic rings. The fourth-order valence-corrected chi connectivity index (χ4v) is 4.47. The minimum Gasteiger partial charge on any atom is -0.340 e. The standard InChI is InChI=1S/C20H28N4O3/c1-14-2-7-17-18(12-14)24(20(26)21-17)13-15-3-5-16(6-4-15)19(25)22-8-10-23(27)11-9-22/h2,7,12,15-16,27H,3-6,8-11,13H2,1H3,(H,21,26). The molecular formula is C20H28N4O3. The van der Waals surface area contributed by atoms with Crippen LogP contribution in [-0.4, -0.2) is 56.8 Å². The van der Waals surface area contributed by atoms with Gasteiger partial charge in [-0.3, -0.25) is 9.36 Å². The van der Waals surface area contributed by atoms with Gasteiger partial charge in [0.25, 0.3) is 0 Å². The third-order valence-electron chi connectivity index (χ3n) is 6.14. The number of hydroxylamine groups is 2. The smallest absolute Gasteiger partial charge is 0.326 e. The van der Waals surface area contributed by atoms with Crippen molar-refractivity contribution in [3.63, 3.8) is 0 Å². The molecule has 0 spiro atoms. The van der Waals surface area contributed by atoms with Crippen LogP contribution in [0.25, 0.3) is 11.0 Å². The molecule has 0 bridgehead atoms. The first-order valence-corrected chi connectivity index (χ1v) is 9.93. The molecule has 1 aromatic carbocycles. The number of aromatic nitrogens is 2. The lowest BCUT2D eigenvalue weighted by Gasteiger charge is -2.36. The summed E-state index contributed by atoms with van der Waals surface area (Å²) in [6.45, 7) is 5.04. The molecule has 0 radical (unpaired) electrons. The highest BCUT2D eigenvalue weighted by atomic mass is 16.5. The number of fused-ring (bicyclic) bond motifs is 1. The van der Waals surface area contributed by atoms with Gasteiger partial charge in [-0.2, -0.15) is 5.06 Å². The van der Waals surface area contributed by atoms with Gasteiger partial charge in [0.05, 0.1) is 11.0 Å². The molecule has 2 fully saturated rings. The Balaban J connectivity index is 1.37. The number of hydrogen-bond donors (Lipinski definition) is 2. The monoisotopic (exact) mass is 372 g/mol. The molecule has 2 N–H and O–H groups in total. The van der Waals surface area contributed by atoms with Crippen LogP contribution in [0, 0.1) is 18.8 Å². The Labute approximate surface area is 158 Å². The van der Waals surface area contributed by atoms with Gasteiger partial charge in [0.2, 0.25) is 5.91 Å². The van der Waals surface area contributed by atoms with Gasteiger partial charge in [0.1, 0.15) is 0 Å². The van der Waals surface area contributed by atoms with E-state index in [2.05, 4.69) is 11.1 Å². The maximum atomic E-state index is 12.7. The van der Waals surface area contributed by atoms with Crippen LogP contribution < -0.4 is 5.69 Å². The lowest BCUT2D eigenvalue weighted by atomic mass is 9.81. The normalized spacial score (nSPS) is 24.4. The van der Waals surface area contributed by atoms with Gasteiger partial charge in [-0.1, -0.05) is 6.07 Å². The summed E-state index contributed by atoms with van der Waals surface area (Å²) in [5.41, 5.74) is 2.96. The zero-order valence-corrected chi connectivity index (χ0v) is 15.9. The maximum Gasteiger partial charge on any atom is 0.326 e. The van der Waals surface area contributed by atoms with Crippen LogP contribution in [0.2, 0.25) is 0 Å². The van der Waals surface area contributed by atoms with Gasteiger partial charge in [-0.25, -0.2) is 4.79 Å². The average Bonchev–Trinajstić information content (AvgIpc) is 2.97. The molecule has 1 aliphatic heterocycles. The van der Waals surface area contributed by atoms with Gasteiger partial charge >= 0.3 is 5.69 Å². The topological polar surface area (TPSA) is 81.6 Å². The summed E-state index contributed by atoms with van der Waals surface area (Å²) < 4.78 is 1.86. The summed E-state index contributed by atoms with van der Waals surface area (Å²) in [5, 5.41) is 10.7. The van der Waals surface area contributed by atoms with E-state index in [-0.39, 0.29) is 17.5 Å². The molecule has 1 amide bonds. The predicted molar refractivity (Wildman–Crippen MR) is 103 cm³/mol. The summed E-state index contributed by atoms with van der Waals surface area (Å²) in [5.74, 6) is 0.760. The molecule has 1 aliphatic carbocycles. The highest BCUT2D eigenvalue weighted by Crippen LogP contribution is 2.31. The van der Waals surface area contributed by atoms with Gasteiger partial charge in [-0.15, -0.1) is 0 Å². The fourth-order valence-electron chi connectivity index (χ4n) is 4.47. The summed E-state index contributed by atoms with van der Waals surface area (Å²) in [6, 6.07) is 6.03. The van der Waals surface area contributed by atoms with E-state index in [4.69, 9.17) is 0 Å². The molecule has 7 heteroatoms. The van der Waals surface area contributed by atoms with Crippen molar-refractivity contribution in [2.24, 2.45) is 11.8 Å². The maximum absolute atomic E-state index is 12.7. The van der Waals surface area contributed by atoms with Gasteiger partial charge in [0, 0.05) is 38.6 Å². The summed E-state index contributed by atoms with van der Waals surface area (Å²) in [7, 11) is 0. The molecule has 27 heavy (non-hydrogen) atoms. The van der Waals surface area contributed by atoms with Crippen LogP contribution in [0.4, 0.5) is 0 Å². The molecule has 7 nitrogen and oxygen atoms in total. The molecule has 1 saturated carbocycles. The van der Waals surface area contributed by atoms with E-state index in [1.165, 1.54) is 5.06 Å². The quantitative estimate of drug-likeness (QED) is 0.863. The number of piperazine rings is 1. The number of amides is 1. The highest BCUT2D eigenvalue weighted by Gasteiger charge is 2.31. The van der Waals surface area contributed by atoms with E-state index < -0.39 is 0 Å². The second kappa shape index (κ2) is 7.48. The van der Waals surface area contributed by atoms with E-state index in [1.54, 1.807) is 0 Å². The van der Waals surface area contributed by atoms with Crippen molar-refractivity contribution >= 4 is 16.9 Å². The van der Waals surface area contributed by atoms with Crippen molar-refractivity contribution in [3.05, 3.63) is 34.2 Å². The van der Waals surface area contributed by atoms with E-state index in [0.717, 1.165) is 42.3 Å². The molecule has 1 aromatic heterocycles. The Bertz CT molecular complexity index is 871. The third-order valence-corrected chi connectivity index (χ3v) is 6.14. The van der Waals surface area contributed by atoms with Crippen LogP contribution in [0.1, 0.15) is 31.2 Å². The van der Waals surface area contributed by atoms with Crippen LogP contribution >= 0.6 is 0 Å². The number of aromatic amines is 1. The number of nitrogens with one attached hydrogen (secondary N) is 1. The number of hydrogen-bond acceptors (Lipinski definition) is 4. The number of carbonyl (C=O) groups excluding carboxylic acids is 1. The van der Waals surface area contributed by atoms with Crippen molar-refractivity contribution < 1.29 is 10.0 Å². The second-order valence-electron chi connectivity index (χ2n) is 8.06. The molecule has 0 unspecified atom stereocenters. The number of carbonyl (C=O) groups is 1. The second-order valence-corrected chi connectivity index (χ2v) is 8.06. The first kappa shape index (κ1) is 18.3. The Morgan fingerprint density at radius 3 is 2.56 bits per heavy atom. The molecule has 1 saturated heterocycles. The number of benzene rings is 1. The van der Waals surface area contributed by atoms with Crippen LogP contribution in [0.3, 0.4) is 0 Å². The first-order valence-electron chi connectivity index (χ1n) is 9.93. The van der Waals surface area contributed by atoms with E-state index in [1.807, 2.05) is 28.5 Å². The van der Waals surface area contributed by atoms with Gasteiger partial charge in [0.15, 0.2) is 0 Å². The van der Waals surface area contributed by atoms with E-state index >= 15 is 0 Å². The summed E-state index contributed by atoms with van der Waals surface area (Å²) in [6.07, 6.45) is 3.72. The number of rotatable bonds is 3. The number of H-pyrrole nitrogens is 1.